The van der Waals surface area contributed by atoms with Crippen molar-refractivity contribution in [3.05, 3.63) is 41.1 Å². The Morgan fingerprint density at radius 1 is 1.27 bits per heavy atom. The van der Waals surface area contributed by atoms with Crippen molar-refractivity contribution in [3.8, 4) is 0 Å². The topological polar surface area (TPSA) is 17.1 Å². The summed E-state index contributed by atoms with van der Waals surface area (Å²) in [5.41, 5.74) is 0. The molecule has 78 valence electrons. The molecule has 0 fully saturated rings. The fourth-order valence-corrected chi connectivity index (χ4v) is 2.58. The zero-order valence-corrected chi connectivity index (χ0v) is 9.02. The molecule has 0 unspecified atom stereocenters. The Morgan fingerprint density at radius 3 is 2.87 bits per heavy atom. The smallest absolute Gasteiger partial charge is 0.156 e. The minimum absolute atomic E-state index is 0.181. The molecule has 3 heteroatoms. The molecule has 2 rings (SSSR count). The second-order valence-corrected chi connectivity index (χ2v) is 4.69. The number of carbonyl (C=O) groups excluding carboxylic acids is 1. The average Bonchev–Trinajstić information content (AvgIpc) is 2.17. The number of ketones is 1. The molecule has 15 heavy (non-hydrogen) atoms. The van der Waals surface area contributed by atoms with E-state index >= 15 is 0 Å². The van der Waals surface area contributed by atoms with Crippen molar-refractivity contribution < 1.29 is 9.18 Å². The zero-order chi connectivity index (χ0) is 10.7. The SMILES string of the molecule is O=C1C=C(Sc2cccc(F)c2)CCC1. The van der Waals surface area contributed by atoms with Crippen LogP contribution in [0.15, 0.2) is 40.1 Å². The molecular formula is C12H11FOS. The molecule has 0 saturated heterocycles. The number of halogens is 1. The lowest BCUT2D eigenvalue weighted by Gasteiger charge is -2.10. The van der Waals surface area contributed by atoms with E-state index in [2.05, 4.69) is 0 Å². The number of hydrogen-bond acceptors (Lipinski definition) is 2. The quantitative estimate of drug-likeness (QED) is 0.761. The summed E-state index contributed by atoms with van der Waals surface area (Å²) in [6.45, 7) is 0. The van der Waals surface area contributed by atoms with Gasteiger partial charge in [0, 0.05) is 11.3 Å². The number of allylic oxidation sites excluding steroid dienone is 2. The summed E-state index contributed by atoms with van der Waals surface area (Å²) in [5, 5.41) is 0. The van der Waals surface area contributed by atoms with Gasteiger partial charge in [-0.15, -0.1) is 0 Å². The Hall–Kier alpha value is -1.09. The van der Waals surface area contributed by atoms with Gasteiger partial charge in [0.15, 0.2) is 5.78 Å². The zero-order valence-electron chi connectivity index (χ0n) is 8.20. The Labute approximate surface area is 92.4 Å². The highest BCUT2D eigenvalue weighted by molar-refractivity contribution is 8.03. The van der Waals surface area contributed by atoms with Gasteiger partial charge in [0.1, 0.15) is 5.82 Å². The molecule has 0 saturated carbocycles. The molecule has 0 N–H and O–H groups in total. The third-order valence-electron chi connectivity index (χ3n) is 2.21. The predicted molar refractivity (Wildman–Crippen MR) is 59.2 cm³/mol. The molecule has 0 amide bonds. The Bertz CT molecular complexity index is 412. The fraction of sp³-hybridized carbons (Fsp3) is 0.250. The van der Waals surface area contributed by atoms with Gasteiger partial charge in [0.2, 0.25) is 0 Å². The van der Waals surface area contributed by atoms with Gasteiger partial charge in [-0.25, -0.2) is 4.39 Å². The maximum absolute atomic E-state index is 12.9. The van der Waals surface area contributed by atoms with Gasteiger partial charge in [-0.1, -0.05) is 17.8 Å². The van der Waals surface area contributed by atoms with Crippen LogP contribution < -0.4 is 0 Å². The van der Waals surface area contributed by atoms with Crippen LogP contribution in [0.5, 0.6) is 0 Å². The second-order valence-electron chi connectivity index (χ2n) is 3.49. The van der Waals surface area contributed by atoms with Crippen molar-refractivity contribution in [3.63, 3.8) is 0 Å². The number of rotatable bonds is 2. The lowest BCUT2D eigenvalue weighted by atomic mass is 10.1. The standard InChI is InChI=1S/C12H11FOS/c13-9-3-1-5-11(7-9)15-12-6-2-4-10(14)8-12/h1,3,5,7-8H,2,4,6H2. The van der Waals surface area contributed by atoms with Crippen LogP contribution in [0.4, 0.5) is 4.39 Å². The summed E-state index contributed by atoms with van der Waals surface area (Å²) in [7, 11) is 0. The van der Waals surface area contributed by atoms with Crippen LogP contribution >= 0.6 is 11.8 Å². The molecule has 1 aliphatic carbocycles. The van der Waals surface area contributed by atoms with E-state index in [1.807, 2.05) is 6.07 Å². The first kappa shape index (κ1) is 10.4. The van der Waals surface area contributed by atoms with E-state index in [1.165, 1.54) is 23.9 Å². The van der Waals surface area contributed by atoms with E-state index in [4.69, 9.17) is 0 Å². The van der Waals surface area contributed by atoms with Crippen molar-refractivity contribution in [2.45, 2.75) is 24.2 Å². The van der Waals surface area contributed by atoms with E-state index in [0.717, 1.165) is 22.6 Å². The summed E-state index contributed by atoms with van der Waals surface area (Å²) >= 11 is 1.48. The first-order valence-electron chi connectivity index (χ1n) is 4.91. The maximum Gasteiger partial charge on any atom is 0.156 e. The van der Waals surface area contributed by atoms with Crippen molar-refractivity contribution >= 4 is 17.5 Å². The highest BCUT2D eigenvalue weighted by Crippen LogP contribution is 2.32. The maximum atomic E-state index is 12.9. The predicted octanol–water partition coefficient (Wildman–Crippen LogP) is 3.55. The average molecular weight is 222 g/mol. The van der Waals surface area contributed by atoms with Crippen LogP contribution in [-0.4, -0.2) is 5.78 Å². The summed E-state index contributed by atoms with van der Waals surface area (Å²) in [6, 6.07) is 6.45. The van der Waals surface area contributed by atoms with Gasteiger partial charge in [-0.05, 0) is 42.0 Å². The Kier molecular flexibility index (Phi) is 3.21. The minimum Gasteiger partial charge on any atom is -0.295 e. The number of carbonyl (C=O) groups is 1. The minimum atomic E-state index is -0.234. The van der Waals surface area contributed by atoms with E-state index in [9.17, 15) is 9.18 Å². The number of thioether (sulfide) groups is 1. The Morgan fingerprint density at radius 2 is 2.13 bits per heavy atom. The van der Waals surface area contributed by atoms with E-state index in [0.29, 0.717) is 6.42 Å². The van der Waals surface area contributed by atoms with Gasteiger partial charge in [0.05, 0.1) is 0 Å². The van der Waals surface area contributed by atoms with Crippen molar-refractivity contribution in [2.24, 2.45) is 0 Å². The molecule has 0 radical (unpaired) electrons. The molecule has 1 nitrogen and oxygen atoms in total. The first-order chi connectivity index (χ1) is 7.24. The van der Waals surface area contributed by atoms with E-state index < -0.39 is 0 Å². The highest BCUT2D eigenvalue weighted by Gasteiger charge is 2.10. The molecule has 0 aliphatic heterocycles. The van der Waals surface area contributed by atoms with Gasteiger partial charge >= 0.3 is 0 Å². The summed E-state index contributed by atoms with van der Waals surface area (Å²) < 4.78 is 12.9. The monoisotopic (exact) mass is 222 g/mol. The van der Waals surface area contributed by atoms with Gasteiger partial charge in [-0.2, -0.15) is 0 Å². The molecular weight excluding hydrogens is 211 g/mol. The van der Waals surface area contributed by atoms with Crippen LogP contribution in [0.1, 0.15) is 19.3 Å². The third kappa shape index (κ3) is 2.93. The largest absolute Gasteiger partial charge is 0.295 e. The molecule has 0 aromatic heterocycles. The van der Waals surface area contributed by atoms with Crippen molar-refractivity contribution in [1.29, 1.82) is 0 Å². The molecule has 0 heterocycles. The van der Waals surface area contributed by atoms with E-state index in [-0.39, 0.29) is 11.6 Å². The number of hydrogen-bond donors (Lipinski definition) is 0. The van der Waals surface area contributed by atoms with E-state index in [1.54, 1.807) is 12.1 Å². The first-order valence-corrected chi connectivity index (χ1v) is 5.72. The van der Waals surface area contributed by atoms with Crippen molar-refractivity contribution in [1.82, 2.24) is 0 Å². The Balaban J connectivity index is 2.11. The van der Waals surface area contributed by atoms with Crippen LogP contribution in [0.2, 0.25) is 0 Å². The van der Waals surface area contributed by atoms with Gasteiger partial charge < -0.3 is 0 Å². The van der Waals surface area contributed by atoms with Crippen LogP contribution in [0.25, 0.3) is 0 Å². The lowest BCUT2D eigenvalue weighted by Crippen LogP contribution is -2.00. The molecule has 1 aliphatic rings. The number of benzene rings is 1. The van der Waals surface area contributed by atoms with Gasteiger partial charge in [0.25, 0.3) is 0 Å². The molecule has 0 spiro atoms. The van der Waals surface area contributed by atoms with Crippen molar-refractivity contribution in [2.75, 3.05) is 0 Å². The lowest BCUT2D eigenvalue weighted by molar-refractivity contribution is -0.115. The molecule has 1 aromatic carbocycles. The van der Waals surface area contributed by atoms with Crippen LogP contribution in [-0.2, 0) is 4.79 Å². The van der Waals surface area contributed by atoms with Crippen LogP contribution in [0.3, 0.4) is 0 Å². The summed E-state index contributed by atoms with van der Waals surface area (Å²) in [5.74, 6) is -0.0529. The summed E-state index contributed by atoms with van der Waals surface area (Å²) in [4.78, 5) is 13.1. The van der Waals surface area contributed by atoms with Gasteiger partial charge in [-0.3, -0.25) is 4.79 Å². The molecule has 0 bridgehead atoms. The molecule has 0 atom stereocenters. The normalized spacial score (nSPS) is 16.3. The third-order valence-corrected chi connectivity index (χ3v) is 3.29. The van der Waals surface area contributed by atoms with Crippen LogP contribution in [0, 0.1) is 5.82 Å². The fourth-order valence-electron chi connectivity index (χ4n) is 1.52. The highest BCUT2D eigenvalue weighted by atomic mass is 32.2. The molecule has 1 aromatic rings. The summed E-state index contributed by atoms with van der Waals surface area (Å²) in [6.07, 6.45) is 4.16. The second kappa shape index (κ2) is 4.62.